The van der Waals surface area contributed by atoms with E-state index in [9.17, 15) is 0 Å². The number of hydrogen-bond donors (Lipinski definition) is 2. The largest absolute Gasteiger partial charge is 0.388 e. The highest BCUT2D eigenvalue weighted by molar-refractivity contribution is 5.91. The van der Waals surface area contributed by atoms with Gasteiger partial charge in [0, 0.05) is 11.8 Å². The van der Waals surface area contributed by atoms with Crippen LogP contribution in [0.15, 0.2) is 12.3 Å². The normalized spacial score (nSPS) is 13.2. The van der Waals surface area contributed by atoms with Crippen LogP contribution >= 0.6 is 0 Å². The molecule has 0 radical (unpaired) electrons. The lowest BCUT2D eigenvalue weighted by atomic mass is 10.2. The third-order valence-corrected chi connectivity index (χ3v) is 1.91. The maximum Gasteiger partial charge on any atom is 0.0328 e. The van der Waals surface area contributed by atoms with Gasteiger partial charge in [0.1, 0.15) is 0 Å². The molecular formula is C11H22N2. The lowest BCUT2D eigenvalue weighted by Gasteiger charge is -2.09. The molecule has 1 unspecified atom stereocenters. The summed E-state index contributed by atoms with van der Waals surface area (Å²) in [5, 5.41) is 10.8. The van der Waals surface area contributed by atoms with E-state index in [2.05, 4.69) is 26.1 Å². The van der Waals surface area contributed by atoms with Gasteiger partial charge in [0.2, 0.25) is 0 Å². The summed E-state index contributed by atoms with van der Waals surface area (Å²) in [7, 11) is 0. The molecule has 0 saturated heterocycles. The molecule has 0 amide bonds. The SMILES string of the molecule is CCCC(=N)/C=C\NC(C)CCC. The van der Waals surface area contributed by atoms with Gasteiger partial charge in [-0.1, -0.05) is 26.7 Å². The predicted molar refractivity (Wildman–Crippen MR) is 59.3 cm³/mol. The maximum atomic E-state index is 7.51. The molecule has 0 aliphatic carbocycles. The van der Waals surface area contributed by atoms with Gasteiger partial charge in [-0.2, -0.15) is 0 Å². The first-order valence-electron chi connectivity index (χ1n) is 5.20. The number of rotatable bonds is 7. The van der Waals surface area contributed by atoms with Crippen molar-refractivity contribution in [1.82, 2.24) is 5.32 Å². The fourth-order valence-electron chi connectivity index (χ4n) is 1.18. The molecule has 2 nitrogen and oxygen atoms in total. The molecule has 0 aliphatic heterocycles. The van der Waals surface area contributed by atoms with Crippen LogP contribution in [0.2, 0.25) is 0 Å². The zero-order chi connectivity index (χ0) is 10.1. The van der Waals surface area contributed by atoms with Gasteiger partial charge in [-0.15, -0.1) is 0 Å². The summed E-state index contributed by atoms with van der Waals surface area (Å²) in [4.78, 5) is 0. The number of allylic oxidation sites excluding steroid dienone is 1. The molecule has 0 aliphatic rings. The van der Waals surface area contributed by atoms with Gasteiger partial charge in [-0.3, -0.25) is 0 Å². The van der Waals surface area contributed by atoms with Crippen molar-refractivity contribution in [2.24, 2.45) is 0 Å². The minimum Gasteiger partial charge on any atom is -0.388 e. The summed E-state index contributed by atoms with van der Waals surface area (Å²) >= 11 is 0. The van der Waals surface area contributed by atoms with Crippen LogP contribution in [0.1, 0.15) is 46.5 Å². The molecule has 1 atom stereocenters. The van der Waals surface area contributed by atoms with Crippen molar-refractivity contribution in [1.29, 1.82) is 5.41 Å². The van der Waals surface area contributed by atoms with Gasteiger partial charge in [0.25, 0.3) is 0 Å². The second kappa shape index (κ2) is 7.84. The Morgan fingerprint density at radius 3 is 2.62 bits per heavy atom. The van der Waals surface area contributed by atoms with E-state index < -0.39 is 0 Å². The van der Waals surface area contributed by atoms with E-state index in [1.165, 1.54) is 12.8 Å². The lowest BCUT2D eigenvalue weighted by molar-refractivity contribution is 0.578. The molecule has 0 rings (SSSR count). The van der Waals surface area contributed by atoms with Gasteiger partial charge in [-0.05, 0) is 32.0 Å². The average molecular weight is 182 g/mol. The van der Waals surface area contributed by atoms with Crippen molar-refractivity contribution >= 4 is 5.71 Å². The molecule has 0 aromatic heterocycles. The van der Waals surface area contributed by atoms with Crippen LogP contribution in [0, 0.1) is 5.41 Å². The average Bonchev–Trinajstić information content (AvgIpc) is 2.05. The molecule has 2 N–H and O–H groups in total. The van der Waals surface area contributed by atoms with Crippen LogP contribution in [0.5, 0.6) is 0 Å². The minimum atomic E-state index is 0.524. The molecule has 0 aromatic carbocycles. The highest BCUT2D eigenvalue weighted by atomic mass is 14.9. The smallest absolute Gasteiger partial charge is 0.0328 e. The fraction of sp³-hybridized carbons (Fsp3) is 0.727. The Morgan fingerprint density at radius 1 is 1.38 bits per heavy atom. The van der Waals surface area contributed by atoms with Gasteiger partial charge in [0.05, 0.1) is 0 Å². The highest BCUT2D eigenvalue weighted by Crippen LogP contribution is 1.95. The Bertz CT molecular complexity index is 161. The van der Waals surface area contributed by atoms with Gasteiger partial charge in [-0.25, -0.2) is 0 Å². The first-order chi connectivity index (χ1) is 6.20. The van der Waals surface area contributed by atoms with Gasteiger partial charge >= 0.3 is 0 Å². The van der Waals surface area contributed by atoms with Crippen LogP contribution < -0.4 is 5.32 Å². The first kappa shape index (κ1) is 12.2. The standard InChI is InChI=1S/C11H22N2/c1-4-6-10(3)13-9-8-11(12)7-5-2/h8-10,12-13H,4-7H2,1-3H3/b9-8-,12-11?. The third kappa shape index (κ3) is 7.57. The Morgan fingerprint density at radius 2 is 2.08 bits per heavy atom. The molecule has 13 heavy (non-hydrogen) atoms. The van der Waals surface area contributed by atoms with Crippen molar-refractivity contribution in [2.75, 3.05) is 0 Å². The first-order valence-corrected chi connectivity index (χ1v) is 5.20. The topological polar surface area (TPSA) is 35.9 Å². The summed E-state index contributed by atoms with van der Waals surface area (Å²) in [6.07, 6.45) is 8.07. The van der Waals surface area contributed by atoms with Crippen LogP contribution in [0.3, 0.4) is 0 Å². The molecular weight excluding hydrogens is 160 g/mol. The molecule has 76 valence electrons. The molecule has 0 aromatic rings. The van der Waals surface area contributed by atoms with E-state index >= 15 is 0 Å². The molecule has 0 bridgehead atoms. The van der Waals surface area contributed by atoms with Crippen LogP contribution in [0.25, 0.3) is 0 Å². The van der Waals surface area contributed by atoms with Crippen LogP contribution in [0.4, 0.5) is 0 Å². The van der Waals surface area contributed by atoms with E-state index in [1.807, 2.05) is 12.3 Å². The van der Waals surface area contributed by atoms with Crippen molar-refractivity contribution in [3.8, 4) is 0 Å². The van der Waals surface area contributed by atoms with E-state index in [4.69, 9.17) is 5.41 Å². The third-order valence-electron chi connectivity index (χ3n) is 1.91. The van der Waals surface area contributed by atoms with E-state index in [0.717, 1.165) is 12.8 Å². The van der Waals surface area contributed by atoms with Crippen molar-refractivity contribution in [3.63, 3.8) is 0 Å². The summed E-state index contributed by atoms with van der Waals surface area (Å²) in [6, 6.07) is 0.524. The number of nitrogens with one attached hydrogen (secondary N) is 2. The summed E-state index contributed by atoms with van der Waals surface area (Å²) < 4.78 is 0. The zero-order valence-electron chi connectivity index (χ0n) is 9.06. The Labute approximate surface area is 81.9 Å². The molecule has 0 saturated carbocycles. The molecule has 0 spiro atoms. The quantitative estimate of drug-likeness (QED) is 0.583. The minimum absolute atomic E-state index is 0.524. The highest BCUT2D eigenvalue weighted by Gasteiger charge is 1.94. The second-order valence-electron chi connectivity index (χ2n) is 3.46. The maximum absolute atomic E-state index is 7.51. The van der Waals surface area contributed by atoms with Crippen molar-refractivity contribution in [2.45, 2.75) is 52.5 Å². The molecule has 0 heterocycles. The molecule has 0 fully saturated rings. The lowest BCUT2D eigenvalue weighted by Crippen LogP contribution is -2.19. The van der Waals surface area contributed by atoms with Crippen molar-refractivity contribution in [3.05, 3.63) is 12.3 Å². The Hall–Kier alpha value is -0.790. The van der Waals surface area contributed by atoms with E-state index in [0.29, 0.717) is 11.8 Å². The monoisotopic (exact) mass is 182 g/mol. The second-order valence-corrected chi connectivity index (χ2v) is 3.46. The van der Waals surface area contributed by atoms with Gasteiger partial charge in [0.15, 0.2) is 0 Å². The fourth-order valence-corrected chi connectivity index (χ4v) is 1.18. The van der Waals surface area contributed by atoms with Crippen LogP contribution in [-0.2, 0) is 0 Å². The number of hydrogen-bond acceptors (Lipinski definition) is 2. The predicted octanol–water partition coefficient (Wildman–Crippen LogP) is 3.10. The Kier molecular flexibility index (Phi) is 7.36. The van der Waals surface area contributed by atoms with Crippen LogP contribution in [-0.4, -0.2) is 11.8 Å². The zero-order valence-corrected chi connectivity index (χ0v) is 9.06. The summed E-state index contributed by atoms with van der Waals surface area (Å²) in [5.41, 5.74) is 0.707. The summed E-state index contributed by atoms with van der Waals surface area (Å²) in [5.74, 6) is 0. The van der Waals surface area contributed by atoms with E-state index in [-0.39, 0.29) is 0 Å². The Balaban J connectivity index is 3.55. The molecule has 2 heteroatoms. The van der Waals surface area contributed by atoms with E-state index in [1.54, 1.807) is 0 Å². The van der Waals surface area contributed by atoms with Gasteiger partial charge < -0.3 is 10.7 Å². The van der Waals surface area contributed by atoms with Crippen molar-refractivity contribution < 1.29 is 0 Å². The summed E-state index contributed by atoms with van der Waals surface area (Å²) in [6.45, 7) is 6.44.